The molecule has 1 heterocycles. The Morgan fingerprint density at radius 1 is 1.32 bits per heavy atom. The molecule has 0 saturated heterocycles. The molecule has 1 aromatic heterocycles. The summed E-state index contributed by atoms with van der Waals surface area (Å²) in [4.78, 5) is 4.23. The Labute approximate surface area is 112 Å². The maximum atomic E-state index is 9.50. The first-order chi connectivity index (χ1) is 9.06. The van der Waals surface area contributed by atoms with Crippen LogP contribution in [0.4, 0.5) is 0 Å². The van der Waals surface area contributed by atoms with Crippen LogP contribution in [0.3, 0.4) is 0 Å². The zero-order valence-electron chi connectivity index (χ0n) is 11.3. The third-order valence-corrected chi connectivity index (χ3v) is 2.69. The summed E-state index contributed by atoms with van der Waals surface area (Å²) in [6, 6.07) is 7.32. The molecule has 1 aromatic carbocycles. The van der Waals surface area contributed by atoms with Gasteiger partial charge in [-0.15, -0.1) is 0 Å². The topological polar surface area (TPSA) is 68.4 Å². The smallest absolute Gasteiger partial charge is 0.229 e. The van der Waals surface area contributed by atoms with Crippen LogP contribution in [-0.2, 0) is 6.61 Å². The van der Waals surface area contributed by atoms with Gasteiger partial charge in [-0.05, 0) is 24.6 Å². The number of benzene rings is 1. The Balaban J connectivity index is 1.99. The zero-order chi connectivity index (χ0) is 13.8. The van der Waals surface area contributed by atoms with Gasteiger partial charge in [0.15, 0.2) is 6.61 Å². The van der Waals surface area contributed by atoms with Gasteiger partial charge in [0.25, 0.3) is 0 Å². The second-order valence-corrected chi connectivity index (χ2v) is 4.74. The SMILES string of the molecule is CC(C)c1nc(COc2cccc([C@H](C)O)c2)no1. The fourth-order valence-corrected chi connectivity index (χ4v) is 1.57. The third-order valence-electron chi connectivity index (χ3n) is 2.69. The lowest BCUT2D eigenvalue weighted by atomic mass is 10.1. The molecule has 0 spiro atoms. The average Bonchev–Trinajstić information content (AvgIpc) is 2.85. The molecule has 2 rings (SSSR count). The van der Waals surface area contributed by atoms with E-state index in [4.69, 9.17) is 9.26 Å². The van der Waals surface area contributed by atoms with E-state index >= 15 is 0 Å². The van der Waals surface area contributed by atoms with E-state index in [1.165, 1.54) is 0 Å². The average molecular weight is 262 g/mol. The molecule has 1 atom stereocenters. The summed E-state index contributed by atoms with van der Waals surface area (Å²) in [6.45, 7) is 5.95. The zero-order valence-corrected chi connectivity index (χ0v) is 11.3. The van der Waals surface area contributed by atoms with E-state index < -0.39 is 6.10 Å². The van der Waals surface area contributed by atoms with Gasteiger partial charge in [0.1, 0.15) is 5.75 Å². The van der Waals surface area contributed by atoms with Crippen LogP contribution in [0, 0.1) is 0 Å². The number of hydrogen-bond acceptors (Lipinski definition) is 5. The summed E-state index contributed by atoms with van der Waals surface area (Å²) in [5, 5.41) is 13.4. The standard InChI is InChI=1S/C14H18N2O3/c1-9(2)14-15-13(16-19-14)8-18-12-6-4-5-11(7-12)10(3)17/h4-7,9-10,17H,8H2,1-3H3/t10-/m0/s1. The van der Waals surface area contributed by atoms with Crippen LogP contribution in [0.2, 0.25) is 0 Å². The van der Waals surface area contributed by atoms with Gasteiger partial charge in [-0.2, -0.15) is 4.98 Å². The number of nitrogens with zero attached hydrogens (tertiary/aromatic N) is 2. The van der Waals surface area contributed by atoms with Gasteiger partial charge < -0.3 is 14.4 Å². The van der Waals surface area contributed by atoms with Crippen molar-refractivity contribution in [3.8, 4) is 5.75 Å². The van der Waals surface area contributed by atoms with E-state index in [-0.39, 0.29) is 12.5 Å². The molecular weight excluding hydrogens is 244 g/mol. The van der Waals surface area contributed by atoms with Crippen LogP contribution in [-0.4, -0.2) is 15.2 Å². The van der Waals surface area contributed by atoms with Crippen molar-refractivity contribution in [3.05, 3.63) is 41.5 Å². The molecule has 0 aliphatic carbocycles. The predicted octanol–water partition coefficient (Wildman–Crippen LogP) is 2.83. The van der Waals surface area contributed by atoms with Crippen LogP contribution in [0.5, 0.6) is 5.75 Å². The van der Waals surface area contributed by atoms with Crippen molar-refractivity contribution < 1.29 is 14.4 Å². The van der Waals surface area contributed by atoms with Crippen molar-refractivity contribution in [1.29, 1.82) is 0 Å². The van der Waals surface area contributed by atoms with Crippen molar-refractivity contribution in [1.82, 2.24) is 10.1 Å². The molecule has 0 amide bonds. The van der Waals surface area contributed by atoms with Gasteiger partial charge in [-0.25, -0.2) is 0 Å². The molecule has 5 nitrogen and oxygen atoms in total. The maximum Gasteiger partial charge on any atom is 0.229 e. The maximum absolute atomic E-state index is 9.50. The van der Waals surface area contributed by atoms with Crippen molar-refractivity contribution in [2.45, 2.75) is 39.4 Å². The molecule has 0 fully saturated rings. The molecule has 0 aliphatic heterocycles. The quantitative estimate of drug-likeness (QED) is 0.897. The van der Waals surface area contributed by atoms with Crippen LogP contribution >= 0.6 is 0 Å². The van der Waals surface area contributed by atoms with Crippen LogP contribution < -0.4 is 4.74 Å². The molecule has 2 aromatic rings. The van der Waals surface area contributed by atoms with E-state index in [0.29, 0.717) is 17.5 Å². The number of rotatable bonds is 5. The third kappa shape index (κ3) is 3.54. The minimum absolute atomic E-state index is 0.208. The highest BCUT2D eigenvalue weighted by Gasteiger charge is 2.10. The summed E-state index contributed by atoms with van der Waals surface area (Å²) in [6.07, 6.45) is -0.513. The first kappa shape index (κ1) is 13.5. The first-order valence-corrected chi connectivity index (χ1v) is 6.29. The lowest BCUT2D eigenvalue weighted by Gasteiger charge is -2.07. The highest BCUT2D eigenvalue weighted by atomic mass is 16.5. The van der Waals surface area contributed by atoms with Gasteiger partial charge in [0, 0.05) is 5.92 Å². The van der Waals surface area contributed by atoms with Crippen molar-refractivity contribution in [3.63, 3.8) is 0 Å². The Morgan fingerprint density at radius 3 is 2.74 bits per heavy atom. The van der Waals surface area contributed by atoms with E-state index in [9.17, 15) is 5.11 Å². The van der Waals surface area contributed by atoms with E-state index in [0.717, 1.165) is 5.56 Å². The number of aromatic nitrogens is 2. The Bertz CT molecular complexity index is 535. The fraction of sp³-hybridized carbons (Fsp3) is 0.429. The molecule has 0 aliphatic rings. The Kier molecular flexibility index (Phi) is 4.16. The highest BCUT2D eigenvalue weighted by Crippen LogP contribution is 2.19. The van der Waals surface area contributed by atoms with Gasteiger partial charge in [0.05, 0.1) is 6.10 Å². The van der Waals surface area contributed by atoms with Crippen LogP contribution in [0.15, 0.2) is 28.8 Å². The normalized spacial score (nSPS) is 12.7. The predicted molar refractivity (Wildman–Crippen MR) is 69.8 cm³/mol. The van der Waals surface area contributed by atoms with Crippen LogP contribution in [0.1, 0.15) is 50.1 Å². The molecule has 5 heteroatoms. The summed E-state index contributed by atoms with van der Waals surface area (Å²) < 4.78 is 10.7. The fourth-order valence-electron chi connectivity index (χ4n) is 1.57. The number of hydrogen-bond donors (Lipinski definition) is 1. The lowest BCUT2D eigenvalue weighted by Crippen LogP contribution is -1.99. The van der Waals surface area contributed by atoms with E-state index in [1.807, 2.05) is 32.0 Å². The molecular formula is C14H18N2O3. The molecule has 0 bridgehead atoms. The minimum Gasteiger partial charge on any atom is -0.485 e. The van der Waals surface area contributed by atoms with Crippen molar-refractivity contribution >= 4 is 0 Å². The summed E-state index contributed by atoms with van der Waals surface area (Å²) >= 11 is 0. The lowest BCUT2D eigenvalue weighted by molar-refractivity contribution is 0.198. The molecule has 1 N–H and O–H groups in total. The second kappa shape index (κ2) is 5.84. The molecule has 102 valence electrons. The van der Waals surface area contributed by atoms with Gasteiger partial charge >= 0.3 is 0 Å². The second-order valence-electron chi connectivity index (χ2n) is 4.74. The molecule has 0 saturated carbocycles. The number of ether oxygens (including phenoxy) is 1. The molecule has 19 heavy (non-hydrogen) atoms. The number of aliphatic hydroxyl groups is 1. The Morgan fingerprint density at radius 2 is 2.11 bits per heavy atom. The Hall–Kier alpha value is -1.88. The highest BCUT2D eigenvalue weighted by molar-refractivity contribution is 5.29. The summed E-state index contributed by atoms with van der Waals surface area (Å²) in [5.41, 5.74) is 0.813. The molecule has 0 unspecified atom stereocenters. The monoisotopic (exact) mass is 262 g/mol. The molecule has 0 radical (unpaired) electrons. The van der Waals surface area contributed by atoms with Crippen LogP contribution in [0.25, 0.3) is 0 Å². The van der Waals surface area contributed by atoms with E-state index in [2.05, 4.69) is 10.1 Å². The van der Waals surface area contributed by atoms with Gasteiger partial charge in [0.2, 0.25) is 11.7 Å². The minimum atomic E-state index is -0.513. The van der Waals surface area contributed by atoms with Crippen molar-refractivity contribution in [2.24, 2.45) is 0 Å². The summed E-state index contributed by atoms with van der Waals surface area (Å²) in [5.74, 6) is 2.01. The number of aliphatic hydroxyl groups excluding tert-OH is 1. The summed E-state index contributed by atoms with van der Waals surface area (Å²) in [7, 11) is 0. The largest absolute Gasteiger partial charge is 0.485 e. The van der Waals surface area contributed by atoms with Gasteiger partial charge in [-0.3, -0.25) is 0 Å². The van der Waals surface area contributed by atoms with Crippen molar-refractivity contribution in [2.75, 3.05) is 0 Å². The van der Waals surface area contributed by atoms with E-state index in [1.54, 1.807) is 13.0 Å². The van der Waals surface area contributed by atoms with Gasteiger partial charge in [-0.1, -0.05) is 31.1 Å². The first-order valence-electron chi connectivity index (χ1n) is 6.29.